The van der Waals surface area contributed by atoms with Gasteiger partial charge in [0.15, 0.2) is 0 Å². The summed E-state index contributed by atoms with van der Waals surface area (Å²) in [4.78, 5) is 29.0. The Kier molecular flexibility index (Phi) is 4.32. The summed E-state index contributed by atoms with van der Waals surface area (Å²) in [5.41, 5.74) is 2.30. The lowest BCUT2D eigenvalue weighted by Gasteiger charge is -2.09. The number of anilines is 1. The van der Waals surface area contributed by atoms with E-state index in [1.165, 1.54) is 0 Å². The van der Waals surface area contributed by atoms with E-state index in [0.717, 1.165) is 17.3 Å². The average Bonchev–Trinajstić information content (AvgIpc) is 3.33. The summed E-state index contributed by atoms with van der Waals surface area (Å²) < 4.78 is 10.8. The van der Waals surface area contributed by atoms with Gasteiger partial charge in [0.1, 0.15) is 5.76 Å². The summed E-state index contributed by atoms with van der Waals surface area (Å²) in [6, 6.07) is 6.87. The van der Waals surface area contributed by atoms with Gasteiger partial charge in [0.2, 0.25) is 5.91 Å². The first kappa shape index (κ1) is 17.2. The number of nitrogens with one attached hydrogen (secondary N) is 3. The number of benzene rings is 1. The molecule has 0 aliphatic rings. The number of aromatic nitrogens is 4. The molecule has 3 aromatic heterocycles. The van der Waals surface area contributed by atoms with Gasteiger partial charge < -0.3 is 24.1 Å². The molecule has 1 atom stereocenters. The number of thioether (sulfide) groups is 1. The minimum Gasteiger partial charge on any atom is -0.469 e. The number of aryl methyl sites for hydroxylation is 1. The van der Waals surface area contributed by atoms with Crippen LogP contribution in [0.25, 0.3) is 22.5 Å². The third kappa shape index (κ3) is 3.51. The molecule has 27 heavy (non-hydrogen) atoms. The van der Waals surface area contributed by atoms with Crippen LogP contribution in [0.2, 0.25) is 0 Å². The summed E-state index contributed by atoms with van der Waals surface area (Å²) in [6.07, 6.45) is 1.55. The Hall–Kier alpha value is -3.27. The Bertz CT molecular complexity index is 1170. The van der Waals surface area contributed by atoms with Crippen LogP contribution in [0, 0.1) is 6.92 Å². The van der Waals surface area contributed by atoms with Gasteiger partial charge in [-0.1, -0.05) is 11.8 Å². The first-order valence-corrected chi connectivity index (χ1v) is 8.95. The number of imidazole rings is 1. The van der Waals surface area contributed by atoms with E-state index in [-0.39, 0.29) is 11.6 Å². The van der Waals surface area contributed by atoms with Crippen LogP contribution in [0.4, 0.5) is 5.69 Å². The van der Waals surface area contributed by atoms with E-state index >= 15 is 0 Å². The molecular weight excluding hydrogens is 370 g/mol. The van der Waals surface area contributed by atoms with Crippen molar-refractivity contribution in [1.29, 1.82) is 0 Å². The van der Waals surface area contributed by atoms with Crippen LogP contribution < -0.4 is 11.0 Å². The van der Waals surface area contributed by atoms with Gasteiger partial charge in [-0.25, -0.2) is 4.79 Å². The Balaban J connectivity index is 1.43. The molecular formula is C17H15N5O4S. The smallest absolute Gasteiger partial charge is 0.323 e. The predicted octanol–water partition coefficient (Wildman–Crippen LogP) is 2.93. The normalized spacial score (nSPS) is 12.4. The molecule has 0 radical (unpaired) electrons. The van der Waals surface area contributed by atoms with Crippen LogP contribution >= 0.6 is 11.8 Å². The monoisotopic (exact) mass is 385 g/mol. The third-order valence-electron chi connectivity index (χ3n) is 3.93. The highest BCUT2D eigenvalue weighted by molar-refractivity contribution is 8.00. The van der Waals surface area contributed by atoms with Crippen LogP contribution in [0.15, 0.2) is 49.4 Å². The van der Waals surface area contributed by atoms with Gasteiger partial charge in [0, 0.05) is 5.69 Å². The topological polar surface area (TPSA) is 130 Å². The molecule has 0 aliphatic heterocycles. The maximum absolute atomic E-state index is 12.4. The third-order valence-corrected chi connectivity index (χ3v) is 4.86. The number of hydrogen-bond acceptors (Lipinski definition) is 7. The van der Waals surface area contributed by atoms with Crippen molar-refractivity contribution in [3.8, 4) is 11.5 Å². The van der Waals surface area contributed by atoms with Gasteiger partial charge in [0.05, 0.1) is 28.1 Å². The quantitative estimate of drug-likeness (QED) is 0.450. The molecule has 10 heteroatoms. The molecule has 3 N–H and O–H groups in total. The van der Waals surface area contributed by atoms with Crippen molar-refractivity contribution in [3.63, 3.8) is 0 Å². The van der Waals surface area contributed by atoms with Crippen molar-refractivity contribution >= 4 is 34.4 Å². The minimum absolute atomic E-state index is 0.225. The van der Waals surface area contributed by atoms with Crippen molar-refractivity contribution in [2.75, 3.05) is 5.32 Å². The van der Waals surface area contributed by atoms with Crippen LogP contribution in [0.1, 0.15) is 12.7 Å². The van der Waals surface area contributed by atoms with Gasteiger partial charge in [-0.05, 0) is 38.1 Å². The second-order valence-corrected chi connectivity index (χ2v) is 7.14. The lowest BCUT2D eigenvalue weighted by atomic mass is 10.2. The maximum Gasteiger partial charge on any atom is 0.323 e. The van der Waals surface area contributed by atoms with Gasteiger partial charge in [-0.3, -0.25) is 4.79 Å². The minimum atomic E-state index is -0.468. The van der Waals surface area contributed by atoms with Crippen molar-refractivity contribution in [2.45, 2.75) is 24.3 Å². The molecule has 3 heterocycles. The summed E-state index contributed by atoms with van der Waals surface area (Å²) in [7, 11) is 0. The number of amides is 1. The fraction of sp³-hybridized carbons (Fsp3) is 0.176. The van der Waals surface area contributed by atoms with E-state index in [4.69, 9.17) is 8.83 Å². The standard InChI is InChI=1S/C17H15N5O4S/c1-8-11(5-6-25-8)15-21-22-17(26-15)27-9(2)14(23)18-10-3-4-12-13(7-10)20-16(24)19-12/h3-7,9H,1-2H3,(H,18,23)(H2,19,20,24)/t9-/m1/s1. The fourth-order valence-corrected chi connectivity index (χ4v) is 3.22. The summed E-state index contributed by atoms with van der Waals surface area (Å²) in [5, 5.41) is 10.6. The highest BCUT2D eigenvalue weighted by atomic mass is 32.2. The summed E-state index contributed by atoms with van der Waals surface area (Å²) >= 11 is 1.16. The van der Waals surface area contributed by atoms with Crippen LogP contribution in [-0.2, 0) is 4.79 Å². The van der Waals surface area contributed by atoms with Crippen LogP contribution in [0.3, 0.4) is 0 Å². The first-order valence-electron chi connectivity index (χ1n) is 8.07. The van der Waals surface area contributed by atoms with E-state index in [2.05, 4.69) is 25.5 Å². The molecule has 138 valence electrons. The Labute approximate surface area is 156 Å². The van der Waals surface area contributed by atoms with Crippen molar-refractivity contribution < 1.29 is 13.6 Å². The number of H-pyrrole nitrogens is 2. The lowest BCUT2D eigenvalue weighted by molar-refractivity contribution is -0.115. The van der Waals surface area contributed by atoms with E-state index in [1.807, 2.05) is 0 Å². The molecule has 4 rings (SSSR count). The highest BCUT2D eigenvalue weighted by Crippen LogP contribution is 2.28. The number of fused-ring (bicyclic) bond motifs is 1. The van der Waals surface area contributed by atoms with Gasteiger partial charge in [-0.2, -0.15) is 0 Å². The zero-order valence-corrected chi connectivity index (χ0v) is 15.2. The van der Waals surface area contributed by atoms with Gasteiger partial charge in [0.25, 0.3) is 11.1 Å². The SMILES string of the molecule is Cc1occc1-c1nnc(S[C@H](C)C(=O)Nc2ccc3[nH]c(=O)[nH]c3c2)o1. The Morgan fingerprint density at radius 2 is 2.04 bits per heavy atom. The van der Waals surface area contributed by atoms with E-state index in [0.29, 0.717) is 33.6 Å². The number of furan rings is 1. The van der Waals surface area contributed by atoms with Gasteiger partial charge >= 0.3 is 5.69 Å². The first-order chi connectivity index (χ1) is 13.0. The molecule has 0 fully saturated rings. The van der Waals surface area contributed by atoms with Crippen molar-refractivity contribution in [1.82, 2.24) is 20.2 Å². The second-order valence-electron chi connectivity index (χ2n) is 5.85. The van der Waals surface area contributed by atoms with Crippen LogP contribution in [0.5, 0.6) is 0 Å². The number of carbonyl (C=O) groups is 1. The number of hydrogen-bond donors (Lipinski definition) is 3. The molecule has 0 unspecified atom stereocenters. The maximum atomic E-state index is 12.4. The number of rotatable bonds is 5. The lowest BCUT2D eigenvalue weighted by Crippen LogP contribution is -2.22. The predicted molar refractivity (Wildman–Crippen MR) is 99.6 cm³/mol. The highest BCUT2D eigenvalue weighted by Gasteiger charge is 2.20. The molecule has 9 nitrogen and oxygen atoms in total. The number of nitrogens with zero attached hydrogens (tertiary/aromatic N) is 2. The van der Waals surface area contributed by atoms with E-state index < -0.39 is 5.25 Å². The zero-order valence-electron chi connectivity index (χ0n) is 14.4. The fourth-order valence-electron chi connectivity index (χ4n) is 2.53. The van der Waals surface area contributed by atoms with E-state index in [1.54, 1.807) is 44.4 Å². The molecule has 1 amide bonds. The van der Waals surface area contributed by atoms with Crippen LogP contribution in [-0.4, -0.2) is 31.3 Å². The number of carbonyl (C=O) groups excluding carboxylic acids is 1. The number of aromatic amines is 2. The molecule has 0 bridgehead atoms. The van der Waals surface area contributed by atoms with E-state index in [9.17, 15) is 9.59 Å². The van der Waals surface area contributed by atoms with Crippen molar-refractivity contribution in [3.05, 3.63) is 46.8 Å². The Morgan fingerprint density at radius 1 is 1.22 bits per heavy atom. The molecule has 0 aliphatic carbocycles. The molecule has 1 aromatic carbocycles. The zero-order chi connectivity index (χ0) is 19.0. The molecule has 4 aromatic rings. The molecule has 0 saturated heterocycles. The van der Waals surface area contributed by atoms with Gasteiger partial charge in [-0.15, -0.1) is 10.2 Å². The largest absolute Gasteiger partial charge is 0.469 e. The second kappa shape index (κ2) is 6.80. The average molecular weight is 385 g/mol. The summed E-state index contributed by atoms with van der Waals surface area (Å²) in [5.74, 6) is 0.800. The summed E-state index contributed by atoms with van der Waals surface area (Å²) in [6.45, 7) is 3.54. The molecule has 0 saturated carbocycles. The Morgan fingerprint density at radius 3 is 2.81 bits per heavy atom. The van der Waals surface area contributed by atoms with Crippen molar-refractivity contribution in [2.24, 2.45) is 0 Å². The molecule has 0 spiro atoms.